The lowest BCUT2D eigenvalue weighted by Crippen LogP contribution is -2.74. The molecule has 13 nitrogen and oxygen atoms in total. The molecule has 2 aliphatic rings. The number of halogens is 1. The maximum atomic E-state index is 13.4. The van der Waals surface area contributed by atoms with Crippen LogP contribution in [0.1, 0.15) is 56.5 Å². The molecule has 0 atom stereocenters. The summed E-state index contributed by atoms with van der Waals surface area (Å²) in [4.78, 5) is 40.3. The first-order chi connectivity index (χ1) is 29.3. The number of carbonyl (C=O) groups excluding carboxylic acids is 1. The Bertz CT molecular complexity index is 2650. The molecule has 3 aromatic heterocycles. The van der Waals surface area contributed by atoms with Crippen LogP contribution in [0.2, 0.25) is 5.02 Å². The number of fused-ring (bicyclic) bond motifs is 1. The molecule has 1 saturated carbocycles. The number of piperidine rings is 1. The number of carbonyl (C=O) groups is 1. The van der Waals surface area contributed by atoms with Gasteiger partial charge < -0.3 is 38.7 Å². The highest BCUT2D eigenvalue weighted by atomic mass is 35.5. The molecule has 314 valence electrons. The molecule has 0 spiro atoms. The Balaban J connectivity index is 0.787. The van der Waals surface area contributed by atoms with Crippen LogP contribution in [-0.2, 0) is 11.8 Å². The number of hydrogen-bond donors (Lipinski definition) is 2. The Morgan fingerprint density at radius 2 is 1.67 bits per heavy atom. The van der Waals surface area contributed by atoms with Crippen LogP contribution in [0.5, 0.6) is 23.0 Å². The first-order valence-corrected chi connectivity index (χ1v) is 20.7. The maximum Gasteiger partial charge on any atom is 0.274 e. The van der Waals surface area contributed by atoms with Gasteiger partial charge in [-0.25, -0.2) is 9.97 Å². The largest absolute Gasteiger partial charge is 0.491 e. The van der Waals surface area contributed by atoms with Crippen molar-refractivity contribution in [2.45, 2.75) is 58.8 Å². The average Bonchev–Trinajstić information content (AvgIpc) is 3.76. The Hall–Kier alpha value is -6.36. The SMILES string of the molecule is Cn1cc(-c2ccccc2Oc2cccc(OCCOC3CCN(c4ncc(C(=O)NC5C(C)(C)C(Oc6ccc(C#N)c(Cl)c6)C5(C)C)cn4)CC3)c2)c2cc[nH]c2c1=O. The van der Waals surface area contributed by atoms with E-state index >= 15 is 0 Å². The predicted molar refractivity (Wildman–Crippen MR) is 234 cm³/mol. The lowest BCUT2D eigenvalue weighted by atomic mass is 9.49. The van der Waals surface area contributed by atoms with Gasteiger partial charge in [0.15, 0.2) is 0 Å². The summed E-state index contributed by atoms with van der Waals surface area (Å²) in [6.45, 7) is 10.5. The number of para-hydroxylation sites is 1. The number of nitriles is 1. The number of aromatic amines is 1. The number of amides is 1. The molecular formula is C47H48ClN7O6. The molecule has 1 amide bonds. The highest BCUT2D eigenvalue weighted by molar-refractivity contribution is 6.31. The van der Waals surface area contributed by atoms with Crippen molar-refractivity contribution in [2.75, 3.05) is 31.2 Å². The third-order valence-electron chi connectivity index (χ3n) is 11.9. The van der Waals surface area contributed by atoms with Crippen LogP contribution in [0.15, 0.2) is 102 Å². The lowest BCUT2D eigenvalue weighted by molar-refractivity contribution is -0.164. The second-order valence-electron chi connectivity index (χ2n) is 16.8. The van der Waals surface area contributed by atoms with Gasteiger partial charge in [-0.05, 0) is 49.2 Å². The predicted octanol–water partition coefficient (Wildman–Crippen LogP) is 8.32. The standard InChI is InChI=1S/C47H48ClN7O6/c1-46(2)43(47(3,4)44(46)61-34-14-13-29(25-49)38(48)24-34)53-41(56)30-26-51-45(52-27-30)55-19-16-31(17-20-55)58-21-22-59-32-9-8-10-33(23-32)60-39-12-7-6-11-35(39)37-28-54(5)42(57)40-36(37)15-18-50-40/h6-15,18,23-24,26-28,31,43-44,50H,16-17,19-22H2,1-5H3,(H,53,56). The molecule has 8 rings (SSSR count). The minimum Gasteiger partial charge on any atom is -0.491 e. The van der Waals surface area contributed by atoms with Gasteiger partial charge in [0.2, 0.25) is 5.95 Å². The molecule has 0 unspecified atom stereocenters. The number of nitrogens with zero attached hydrogens (tertiary/aromatic N) is 5. The number of H-pyrrole nitrogens is 1. The van der Waals surface area contributed by atoms with E-state index in [1.54, 1.807) is 48.4 Å². The van der Waals surface area contributed by atoms with Gasteiger partial charge in [0.1, 0.15) is 47.3 Å². The van der Waals surface area contributed by atoms with Crippen LogP contribution in [-0.4, -0.2) is 70.0 Å². The van der Waals surface area contributed by atoms with Gasteiger partial charge in [-0.3, -0.25) is 9.59 Å². The first-order valence-electron chi connectivity index (χ1n) is 20.4. The molecule has 0 bridgehead atoms. The fraction of sp³-hybridized carbons (Fsp3) is 0.340. The smallest absolute Gasteiger partial charge is 0.274 e. The normalized spacial score (nSPS) is 18.2. The quantitative estimate of drug-likeness (QED) is 0.108. The zero-order valence-corrected chi connectivity index (χ0v) is 35.5. The van der Waals surface area contributed by atoms with Crippen LogP contribution in [0.4, 0.5) is 5.95 Å². The van der Waals surface area contributed by atoms with E-state index in [2.05, 4.69) is 58.9 Å². The Kier molecular flexibility index (Phi) is 11.5. The number of pyridine rings is 1. The number of nitrogens with one attached hydrogen (secondary N) is 2. The zero-order chi connectivity index (χ0) is 42.9. The third kappa shape index (κ3) is 8.38. The van der Waals surface area contributed by atoms with E-state index < -0.39 is 10.8 Å². The number of hydrogen-bond acceptors (Lipinski definition) is 10. The Morgan fingerprint density at radius 3 is 2.41 bits per heavy atom. The second kappa shape index (κ2) is 17.0. The van der Waals surface area contributed by atoms with E-state index in [1.165, 1.54) is 0 Å². The minimum atomic E-state index is -0.391. The minimum absolute atomic E-state index is 0.0796. The van der Waals surface area contributed by atoms with Gasteiger partial charge in [0, 0.05) is 90.4 Å². The fourth-order valence-electron chi connectivity index (χ4n) is 9.02. The van der Waals surface area contributed by atoms with Gasteiger partial charge in [-0.15, -0.1) is 0 Å². The third-order valence-corrected chi connectivity index (χ3v) is 12.2. The van der Waals surface area contributed by atoms with Crippen LogP contribution in [0.25, 0.3) is 22.0 Å². The number of benzene rings is 3. The van der Waals surface area contributed by atoms with Crippen molar-refractivity contribution in [1.82, 2.24) is 24.8 Å². The highest BCUT2D eigenvalue weighted by Gasteiger charge is 2.64. The fourth-order valence-corrected chi connectivity index (χ4v) is 9.24. The Labute approximate surface area is 359 Å². The number of aromatic nitrogens is 4. The van der Waals surface area contributed by atoms with Crippen LogP contribution in [0, 0.1) is 22.2 Å². The van der Waals surface area contributed by atoms with E-state index in [4.69, 9.17) is 30.5 Å². The van der Waals surface area contributed by atoms with Crippen molar-refractivity contribution in [3.05, 3.63) is 124 Å². The zero-order valence-electron chi connectivity index (χ0n) is 34.8. The van der Waals surface area contributed by atoms with Crippen molar-refractivity contribution in [2.24, 2.45) is 17.9 Å². The lowest BCUT2D eigenvalue weighted by Gasteiger charge is -2.63. The number of aryl methyl sites for hydroxylation is 1. The second-order valence-corrected chi connectivity index (χ2v) is 17.2. The molecule has 14 heteroatoms. The van der Waals surface area contributed by atoms with Gasteiger partial charge >= 0.3 is 0 Å². The molecule has 1 aliphatic carbocycles. The molecule has 1 saturated heterocycles. The van der Waals surface area contributed by atoms with E-state index in [0.717, 1.165) is 42.4 Å². The van der Waals surface area contributed by atoms with Crippen LogP contribution >= 0.6 is 11.6 Å². The van der Waals surface area contributed by atoms with Gasteiger partial charge in [-0.1, -0.05) is 63.6 Å². The average molecular weight is 842 g/mol. The molecule has 2 fully saturated rings. The van der Waals surface area contributed by atoms with Gasteiger partial charge in [0.25, 0.3) is 11.5 Å². The molecule has 61 heavy (non-hydrogen) atoms. The highest BCUT2D eigenvalue weighted by Crippen LogP contribution is 2.55. The maximum absolute atomic E-state index is 13.4. The summed E-state index contributed by atoms with van der Waals surface area (Å²) in [6, 6.07) is 24.1. The summed E-state index contributed by atoms with van der Waals surface area (Å²) in [5.74, 6) is 2.87. The van der Waals surface area contributed by atoms with Gasteiger partial charge in [0.05, 0.1) is 28.9 Å². The molecule has 3 aromatic carbocycles. The topological polar surface area (TPSA) is 157 Å². The summed E-state index contributed by atoms with van der Waals surface area (Å²) in [5.41, 5.74) is 2.22. The monoisotopic (exact) mass is 841 g/mol. The summed E-state index contributed by atoms with van der Waals surface area (Å²) in [7, 11) is 1.74. The van der Waals surface area contributed by atoms with Gasteiger partial charge in [-0.2, -0.15) is 5.26 Å². The van der Waals surface area contributed by atoms with Crippen molar-refractivity contribution < 1.29 is 23.7 Å². The Morgan fingerprint density at radius 1 is 0.934 bits per heavy atom. The summed E-state index contributed by atoms with van der Waals surface area (Å²) in [6.07, 6.45) is 8.25. The molecule has 2 N–H and O–H groups in total. The van der Waals surface area contributed by atoms with Crippen molar-refractivity contribution in [3.63, 3.8) is 0 Å². The molecule has 6 aromatic rings. The molecule has 1 aliphatic heterocycles. The van der Waals surface area contributed by atoms with E-state index in [-0.39, 0.29) is 29.7 Å². The number of rotatable bonds is 13. The van der Waals surface area contributed by atoms with Crippen LogP contribution < -0.4 is 30.0 Å². The summed E-state index contributed by atoms with van der Waals surface area (Å²) >= 11 is 6.24. The van der Waals surface area contributed by atoms with E-state index in [9.17, 15) is 14.9 Å². The van der Waals surface area contributed by atoms with Crippen molar-refractivity contribution in [3.8, 4) is 40.2 Å². The van der Waals surface area contributed by atoms with E-state index in [0.29, 0.717) is 63.8 Å². The number of ether oxygens (including phenoxy) is 4. The summed E-state index contributed by atoms with van der Waals surface area (Å²) < 4.78 is 26.6. The molecule has 0 radical (unpaired) electrons. The summed E-state index contributed by atoms with van der Waals surface area (Å²) in [5, 5.41) is 13.6. The molecule has 4 heterocycles. The molecular weight excluding hydrogens is 794 g/mol. The van der Waals surface area contributed by atoms with Crippen molar-refractivity contribution in [1.29, 1.82) is 5.26 Å². The van der Waals surface area contributed by atoms with Crippen molar-refractivity contribution >= 4 is 34.4 Å². The van der Waals surface area contributed by atoms with E-state index in [1.807, 2.05) is 60.8 Å². The first kappa shape index (κ1) is 41.4. The van der Waals surface area contributed by atoms with Crippen LogP contribution in [0.3, 0.4) is 0 Å². The number of anilines is 1.